The van der Waals surface area contributed by atoms with E-state index in [1.165, 1.54) is 12.1 Å². The van der Waals surface area contributed by atoms with Crippen molar-refractivity contribution in [3.8, 4) is 0 Å². The van der Waals surface area contributed by atoms with Crippen LogP contribution in [0.2, 0.25) is 10.0 Å². The lowest BCUT2D eigenvalue weighted by molar-refractivity contribution is 0.480. The molecule has 19 heavy (non-hydrogen) atoms. The number of nitrogens with zero attached hydrogens (tertiary/aromatic N) is 1. The van der Waals surface area contributed by atoms with Gasteiger partial charge in [0.05, 0.1) is 15.7 Å². The lowest BCUT2D eigenvalue weighted by atomic mass is 10.1. The molecule has 0 bridgehead atoms. The molecule has 106 valence electrons. The molecule has 1 aromatic rings. The summed E-state index contributed by atoms with van der Waals surface area (Å²) in [6.07, 6.45) is 1.10. The highest BCUT2D eigenvalue weighted by Gasteiger charge is 2.25. The molecular formula is C14H19Cl2FN2. The van der Waals surface area contributed by atoms with Crippen molar-refractivity contribution in [2.24, 2.45) is 5.92 Å². The summed E-state index contributed by atoms with van der Waals surface area (Å²) in [7, 11) is 0. The zero-order valence-electron chi connectivity index (χ0n) is 11.2. The van der Waals surface area contributed by atoms with Crippen molar-refractivity contribution in [2.75, 3.05) is 24.5 Å². The van der Waals surface area contributed by atoms with Crippen molar-refractivity contribution in [1.29, 1.82) is 0 Å². The maximum Gasteiger partial charge on any atom is 0.126 e. The van der Waals surface area contributed by atoms with Crippen LogP contribution in [0.15, 0.2) is 12.1 Å². The molecule has 1 aliphatic rings. The Hall–Kier alpha value is -0.510. The average molecular weight is 305 g/mol. The van der Waals surface area contributed by atoms with E-state index in [0.717, 1.165) is 31.7 Å². The van der Waals surface area contributed by atoms with Crippen molar-refractivity contribution < 1.29 is 4.39 Å². The zero-order chi connectivity index (χ0) is 14.0. The molecular weight excluding hydrogens is 286 g/mol. The van der Waals surface area contributed by atoms with Crippen LogP contribution in [0.1, 0.15) is 20.3 Å². The number of halogens is 3. The van der Waals surface area contributed by atoms with Gasteiger partial charge < -0.3 is 10.2 Å². The lowest BCUT2D eigenvalue weighted by Gasteiger charge is -2.22. The number of rotatable bonds is 4. The van der Waals surface area contributed by atoms with Gasteiger partial charge in [0.1, 0.15) is 5.82 Å². The highest BCUT2D eigenvalue weighted by Crippen LogP contribution is 2.37. The van der Waals surface area contributed by atoms with Crippen molar-refractivity contribution in [3.63, 3.8) is 0 Å². The van der Waals surface area contributed by atoms with Gasteiger partial charge in [-0.1, -0.05) is 37.0 Å². The molecule has 1 saturated heterocycles. The summed E-state index contributed by atoms with van der Waals surface area (Å²) in [5.41, 5.74) is 0.761. The molecule has 1 heterocycles. The molecule has 1 aromatic carbocycles. The molecule has 5 heteroatoms. The Balaban J connectivity index is 2.05. The normalized spacial score (nSPS) is 19.5. The molecule has 1 fully saturated rings. The van der Waals surface area contributed by atoms with Gasteiger partial charge in [0, 0.05) is 19.1 Å². The van der Waals surface area contributed by atoms with Crippen molar-refractivity contribution in [1.82, 2.24) is 5.32 Å². The monoisotopic (exact) mass is 304 g/mol. The number of benzene rings is 1. The summed E-state index contributed by atoms with van der Waals surface area (Å²) in [5, 5.41) is 4.23. The minimum Gasteiger partial charge on any atom is -0.369 e. The quantitative estimate of drug-likeness (QED) is 0.906. The fourth-order valence-corrected chi connectivity index (χ4v) is 3.14. The van der Waals surface area contributed by atoms with Crippen LogP contribution >= 0.6 is 23.2 Å². The first kappa shape index (κ1) is 14.9. The second-order valence-corrected chi connectivity index (χ2v) is 6.20. The maximum atomic E-state index is 13.2. The molecule has 0 spiro atoms. The Labute approximate surface area is 123 Å². The third-order valence-electron chi connectivity index (χ3n) is 3.40. The fourth-order valence-electron chi connectivity index (χ4n) is 2.44. The molecule has 1 unspecified atom stereocenters. The van der Waals surface area contributed by atoms with Gasteiger partial charge in [-0.3, -0.25) is 0 Å². The average Bonchev–Trinajstić information content (AvgIpc) is 2.73. The van der Waals surface area contributed by atoms with Gasteiger partial charge in [0.15, 0.2) is 0 Å². The summed E-state index contributed by atoms with van der Waals surface area (Å²) in [6.45, 7) is 7.09. The van der Waals surface area contributed by atoms with Gasteiger partial charge in [-0.05, 0) is 31.0 Å². The molecule has 0 amide bonds. The first-order valence-electron chi connectivity index (χ1n) is 6.60. The van der Waals surface area contributed by atoms with Gasteiger partial charge in [0.25, 0.3) is 0 Å². The molecule has 0 saturated carbocycles. The maximum absolute atomic E-state index is 13.2. The van der Waals surface area contributed by atoms with Gasteiger partial charge in [-0.25, -0.2) is 4.39 Å². The summed E-state index contributed by atoms with van der Waals surface area (Å²) in [5.74, 6) is 0.190. The van der Waals surface area contributed by atoms with E-state index in [1.807, 2.05) is 0 Å². The third-order valence-corrected chi connectivity index (χ3v) is 3.97. The second-order valence-electron chi connectivity index (χ2n) is 5.38. The van der Waals surface area contributed by atoms with Crippen molar-refractivity contribution in [3.05, 3.63) is 28.0 Å². The van der Waals surface area contributed by atoms with Crippen LogP contribution in [0.3, 0.4) is 0 Å². The van der Waals surface area contributed by atoms with E-state index < -0.39 is 5.82 Å². The highest BCUT2D eigenvalue weighted by atomic mass is 35.5. The van der Waals surface area contributed by atoms with E-state index in [1.54, 1.807) is 0 Å². The third kappa shape index (κ3) is 3.74. The van der Waals surface area contributed by atoms with E-state index in [9.17, 15) is 4.39 Å². The van der Waals surface area contributed by atoms with E-state index in [2.05, 4.69) is 24.1 Å². The molecule has 2 nitrogen and oxygen atoms in total. The van der Waals surface area contributed by atoms with Crippen LogP contribution in [0, 0.1) is 11.7 Å². The van der Waals surface area contributed by atoms with Crippen LogP contribution in [-0.2, 0) is 0 Å². The van der Waals surface area contributed by atoms with Crippen LogP contribution in [0.25, 0.3) is 0 Å². The fraction of sp³-hybridized carbons (Fsp3) is 0.571. The van der Waals surface area contributed by atoms with E-state index in [4.69, 9.17) is 23.2 Å². The first-order valence-corrected chi connectivity index (χ1v) is 7.36. The zero-order valence-corrected chi connectivity index (χ0v) is 12.7. The Kier molecular flexibility index (Phi) is 4.93. The van der Waals surface area contributed by atoms with Crippen LogP contribution in [0.4, 0.5) is 10.1 Å². The number of hydrogen-bond acceptors (Lipinski definition) is 2. The van der Waals surface area contributed by atoms with Gasteiger partial charge in [-0.2, -0.15) is 0 Å². The summed E-state index contributed by atoms with van der Waals surface area (Å²) in [6, 6.07) is 3.14. The largest absolute Gasteiger partial charge is 0.369 e. The number of hydrogen-bond donors (Lipinski definition) is 1. The Morgan fingerprint density at radius 3 is 2.58 bits per heavy atom. The van der Waals surface area contributed by atoms with E-state index in [-0.39, 0.29) is 0 Å². The SMILES string of the molecule is CC(C)NCC1CCN(c2c(Cl)cc(F)cc2Cl)C1. The summed E-state index contributed by atoms with van der Waals surface area (Å²) < 4.78 is 13.2. The van der Waals surface area contributed by atoms with Crippen LogP contribution in [-0.4, -0.2) is 25.7 Å². The first-order chi connectivity index (χ1) is 8.97. The molecule has 1 atom stereocenters. The van der Waals surface area contributed by atoms with Crippen molar-refractivity contribution in [2.45, 2.75) is 26.3 Å². The molecule has 0 aromatic heterocycles. The Morgan fingerprint density at radius 2 is 2.00 bits per heavy atom. The summed E-state index contributed by atoms with van der Waals surface area (Å²) in [4.78, 5) is 2.15. The molecule has 1 aliphatic heterocycles. The number of anilines is 1. The second kappa shape index (κ2) is 6.29. The van der Waals surface area contributed by atoms with Crippen molar-refractivity contribution >= 4 is 28.9 Å². The van der Waals surface area contributed by atoms with Crippen LogP contribution < -0.4 is 10.2 Å². The smallest absolute Gasteiger partial charge is 0.126 e. The number of nitrogens with one attached hydrogen (secondary N) is 1. The topological polar surface area (TPSA) is 15.3 Å². The van der Waals surface area contributed by atoms with Crippen LogP contribution in [0.5, 0.6) is 0 Å². The van der Waals surface area contributed by atoms with E-state index >= 15 is 0 Å². The van der Waals surface area contributed by atoms with Gasteiger partial charge in [0.2, 0.25) is 0 Å². The predicted octanol–water partition coefficient (Wildman–Crippen LogP) is 3.96. The minimum atomic E-state index is -0.393. The Morgan fingerprint density at radius 1 is 1.37 bits per heavy atom. The lowest BCUT2D eigenvalue weighted by Crippen LogP contribution is -2.30. The molecule has 0 aliphatic carbocycles. The van der Waals surface area contributed by atoms with Gasteiger partial charge >= 0.3 is 0 Å². The molecule has 0 radical (unpaired) electrons. The molecule has 2 rings (SSSR count). The standard InChI is InChI=1S/C14H19Cl2FN2/c1-9(2)18-7-10-3-4-19(8-10)14-12(15)5-11(17)6-13(14)16/h5-6,9-10,18H,3-4,7-8H2,1-2H3. The predicted molar refractivity (Wildman–Crippen MR) is 79.9 cm³/mol. The molecule has 1 N–H and O–H groups in total. The van der Waals surface area contributed by atoms with E-state index in [0.29, 0.717) is 22.0 Å². The highest BCUT2D eigenvalue weighted by molar-refractivity contribution is 6.39. The Bertz CT molecular complexity index is 428. The van der Waals surface area contributed by atoms with Gasteiger partial charge in [-0.15, -0.1) is 0 Å². The summed E-state index contributed by atoms with van der Waals surface area (Å²) >= 11 is 12.2. The minimum absolute atomic E-state index is 0.391.